The summed E-state index contributed by atoms with van der Waals surface area (Å²) in [6.45, 7) is 4.29. The van der Waals surface area contributed by atoms with Gasteiger partial charge in [-0.2, -0.15) is 0 Å². The number of rotatable bonds is 2. The van der Waals surface area contributed by atoms with Gasteiger partial charge in [0.2, 0.25) is 0 Å². The van der Waals surface area contributed by atoms with Crippen molar-refractivity contribution in [3.63, 3.8) is 0 Å². The normalized spacial score (nSPS) is 27.1. The van der Waals surface area contributed by atoms with Crippen molar-refractivity contribution in [3.05, 3.63) is 23.8 Å². The van der Waals surface area contributed by atoms with E-state index in [2.05, 4.69) is 19.2 Å². The van der Waals surface area contributed by atoms with Crippen LogP contribution in [0.1, 0.15) is 37.0 Å². The van der Waals surface area contributed by atoms with Gasteiger partial charge < -0.3 is 15.5 Å². The first kappa shape index (κ1) is 12.7. The molecule has 1 aromatic rings. The first-order valence-electron chi connectivity index (χ1n) is 6.32. The van der Waals surface area contributed by atoms with Gasteiger partial charge in [-0.15, -0.1) is 0 Å². The van der Waals surface area contributed by atoms with E-state index in [1.807, 2.05) is 0 Å². The molecule has 1 aliphatic rings. The van der Waals surface area contributed by atoms with Crippen molar-refractivity contribution >= 4 is 5.91 Å². The van der Waals surface area contributed by atoms with Crippen molar-refractivity contribution in [2.45, 2.75) is 32.7 Å². The third kappa shape index (κ3) is 2.28. The van der Waals surface area contributed by atoms with Gasteiger partial charge in [0.05, 0.1) is 0 Å². The van der Waals surface area contributed by atoms with E-state index in [4.69, 9.17) is 0 Å². The van der Waals surface area contributed by atoms with E-state index < -0.39 is 5.91 Å². The predicted molar refractivity (Wildman–Crippen MR) is 68.6 cm³/mol. The van der Waals surface area contributed by atoms with Gasteiger partial charge in [-0.05, 0) is 36.8 Å². The monoisotopic (exact) mass is 249 g/mol. The smallest absolute Gasteiger partial charge is 0.259 e. The molecule has 0 spiro atoms. The van der Waals surface area contributed by atoms with Crippen molar-refractivity contribution in [3.8, 4) is 11.5 Å². The number of amides is 1. The summed E-state index contributed by atoms with van der Waals surface area (Å²) in [5.41, 5.74) is -0.0377. The van der Waals surface area contributed by atoms with Crippen molar-refractivity contribution < 1.29 is 15.0 Å². The van der Waals surface area contributed by atoms with E-state index in [9.17, 15) is 15.0 Å². The largest absolute Gasteiger partial charge is 0.507 e. The second-order valence-corrected chi connectivity index (χ2v) is 5.16. The zero-order valence-electron chi connectivity index (χ0n) is 10.7. The van der Waals surface area contributed by atoms with Gasteiger partial charge in [-0.1, -0.05) is 19.9 Å². The van der Waals surface area contributed by atoms with Gasteiger partial charge in [-0.3, -0.25) is 4.79 Å². The fraction of sp³-hybridized carbons (Fsp3) is 0.500. The Balaban J connectivity index is 2.13. The number of phenolic OH excluding ortho intramolecular Hbond substituents is 2. The third-order valence-corrected chi connectivity index (χ3v) is 4.03. The van der Waals surface area contributed by atoms with Crippen LogP contribution in [0.5, 0.6) is 11.5 Å². The number of carbonyl (C=O) groups excluding carboxylic acids is 1. The zero-order chi connectivity index (χ0) is 13.3. The third-order valence-electron chi connectivity index (χ3n) is 4.03. The quantitative estimate of drug-likeness (QED) is 0.753. The second kappa shape index (κ2) is 4.88. The highest BCUT2D eigenvalue weighted by Gasteiger charge is 2.31. The summed E-state index contributed by atoms with van der Waals surface area (Å²) in [6.07, 6.45) is 2.04. The molecular formula is C14H19NO3. The highest BCUT2D eigenvalue weighted by molar-refractivity contribution is 5.99. The van der Waals surface area contributed by atoms with Crippen LogP contribution in [-0.2, 0) is 0 Å². The molecule has 0 aromatic heterocycles. The standard InChI is InChI=1S/C14H19NO3/c1-8-6-7-10(9(8)2)15-14(18)13-11(16)4-3-5-12(13)17/h3-5,8-10,16-17H,6-7H2,1-2H3,(H,15,18). The summed E-state index contributed by atoms with van der Waals surface area (Å²) in [6, 6.07) is 4.42. The summed E-state index contributed by atoms with van der Waals surface area (Å²) >= 11 is 0. The molecule has 0 heterocycles. The number of phenols is 2. The Morgan fingerprint density at radius 3 is 2.33 bits per heavy atom. The van der Waals surface area contributed by atoms with E-state index >= 15 is 0 Å². The Labute approximate surface area is 107 Å². The molecule has 1 saturated carbocycles. The molecule has 1 fully saturated rings. The molecule has 3 atom stereocenters. The van der Waals surface area contributed by atoms with Crippen molar-refractivity contribution in [2.75, 3.05) is 0 Å². The molecular weight excluding hydrogens is 230 g/mol. The minimum atomic E-state index is -0.406. The molecule has 4 heteroatoms. The van der Waals surface area contributed by atoms with Crippen molar-refractivity contribution in [1.29, 1.82) is 0 Å². The lowest BCUT2D eigenvalue weighted by molar-refractivity contribution is 0.0922. The number of hydrogen-bond donors (Lipinski definition) is 3. The van der Waals surface area contributed by atoms with Gasteiger partial charge in [0, 0.05) is 6.04 Å². The van der Waals surface area contributed by atoms with E-state index in [-0.39, 0.29) is 23.1 Å². The SMILES string of the molecule is CC1CCC(NC(=O)c2c(O)cccc2O)C1C. The number of carbonyl (C=O) groups is 1. The van der Waals surface area contributed by atoms with Crippen LogP contribution in [0.25, 0.3) is 0 Å². The maximum Gasteiger partial charge on any atom is 0.259 e. The minimum Gasteiger partial charge on any atom is -0.507 e. The van der Waals surface area contributed by atoms with Gasteiger partial charge >= 0.3 is 0 Å². The van der Waals surface area contributed by atoms with Crippen LogP contribution in [0, 0.1) is 11.8 Å². The summed E-state index contributed by atoms with van der Waals surface area (Å²) in [5, 5.41) is 22.2. The highest BCUT2D eigenvalue weighted by atomic mass is 16.3. The maximum absolute atomic E-state index is 12.1. The lowest BCUT2D eigenvalue weighted by atomic mass is 9.97. The predicted octanol–water partition coefficient (Wildman–Crippen LogP) is 2.26. The van der Waals surface area contributed by atoms with Crippen molar-refractivity contribution in [1.82, 2.24) is 5.32 Å². The molecule has 1 amide bonds. The van der Waals surface area contributed by atoms with Crippen LogP contribution in [0.3, 0.4) is 0 Å². The first-order valence-corrected chi connectivity index (χ1v) is 6.32. The number of nitrogens with one attached hydrogen (secondary N) is 1. The molecule has 18 heavy (non-hydrogen) atoms. The summed E-state index contributed by atoms with van der Waals surface area (Å²) < 4.78 is 0. The molecule has 98 valence electrons. The lowest BCUT2D eigenvalue weighted by Gasteiger charge is -2.20. The van der Waals surface area contributed by atoms with E-state index in [0.717, 1.165) is 12.8 Å². The topological polar surface area (TPSA) is 69.6 Å². The minimum absolute atomic E-state index is 0.0377. The molecule has 0 radical (unpaired) electrons. The highest BCUT2D eigenvalue weighted by Crippen LogP contribution is 2.32. The van der Waals surface area contributed by atoms with Crippen molar-refractivity contribution in [2.24, 2.45) is 11.8 Å². The Kier molecular flexibility index (Phi) is 3.45. The summed E-state index contributed by atoms with van der Waals surface area (Å²) in [7, 11) is 0. The molecule has 0 bridgehead atoms. The van der Waals surface area contributed by atoms with Crippen LogP contribution in [0.15, 0.2) is 18.2 Å². The van der Waals surface area contributed by atoms with Gasteiger partial charge in [0.1, 0.15) is 17.1 Å². The first-order chi connectivity index (χ1) is 8.50. The Bertz CT molecular complexity index is 438. The average Bonchev–Trinajstić information content (AvgIpc) is 2.61. The molecule has 3 N–H and O–H groups in total. The van der Waals surface area contributed by atoms with Crippen LogP contribution in [0.2, 0.25) is 0 Å². The van der Waals surface area contributed by atoms with E-state index in [0.29, 0.717) is 11.8 Å². The Hall–Kier alpha value is -1.71. The average molecular weight is 249 g/mol. The molecule has 0 aliphatic heterocycles. The van der Waals surface area contributed by atoms with E-state index in [1.165, 1.54) is 18.2 Å². The Morgan fingerprint density at radius 2 is 1.83 bits per heavy atom. The molecule has 4 nitrogen and oxygen atoms in total. The van der Waals surface area contributed by atoms with Crippen LogP contribution < -0.4 is 5.32 Å². The maximum atomic E-state index is 12.1. The van der Waals surface area contributed by atoms with Gasteiger partial charge in [0.25, 0.3) is 5.91 Å². The second-order valence-electron chi connectivity index (χ2n) is 5.16. The molecule has 0 saturated heterocycles. The summed E-state index contributed by atoms with van der Waals surface area (Å²) in [5.74, 6) is 0.226. The number of aromatic hydroxyl groups is 2. The van der Waals surface area contributed by atoms with E-state index in [1.54, 1.807) is 0 Å². The number of benzene rings is 1. The van der Waals surface area contributed by atoms with Gasteiger partial charge in [-0.25, -0.2) is 0 Å². The van der Waals surface area contributed by atoms with Gasteiger partial charge in [0.15, 0.2) is 0 Å². The lowest BCUT2D eigenvalue weighted by Crippen LogP contribution is -2.37. The van der Waals surface area contributed by atoms with Crippen LogP contribution in [-0.4, -0.2) is 22.2 Å². The summed E-state index contributed by atoms with van der Waals surface area (Å²) in [4.78, 5) is 12.1. The number of hydrogen-bond acceptors (Lipinski definition) is 3. The molecule has 1 aromatic carbocycles. The fourth-order valence-electron chi connectivity index (χ4n) is 2.57. The fourth-order valence-corrected chi connectivity index (χ4v) is 2.57. The molecule has 1 aliphatic carbocycles. The molecule has 2 rings (SSSR count). The zero-order valence-corrected chi connectivity index (χ0v) is 10.7. The molecule has 3 unspecified atom stereocenters. The van der Waals surface area contributed by atoms with Crippen LogP contribution in [0.4, 0.5) is 0 Å². The van der Waals surface area contributed by atoms with Crippen LogP contribution >= 0.6 is 0 Å². The Morgan fingerprint density at radius 1 is 1.22 bits per heavy atom.